The van der Waals surface area contributed by atoms with Gasteiger partial charge >= 0.3 is 0 Å². The fraction of sp³-hybridized carbons (Fsp3) is 0.714. The fourth-order valence-corrected chi connectivity index (χ4v) is 0.985. The molecule has 0 saturated carbocycles. The van der Waals surface area contributed by atoms with E-state index >= 15 is 0 Å². The quantitative estimate of drug-likeness (QED) is 0.558. The van der Waals surface area contributed by atoms with Gasteiger partial charge in [-0.05, 0) is 6.42 Å². The summed E-state index contributed by atoms with van der Waals surface area (Å²) in [6, 6.07) is 0. The van der Waals surface area contributed by atoms with Crippen molar-refractivity contribution in [2.45, 2.75) is 13.3 Å². The Kier molecular flexibility index (Phi) is 1.98. The molecular formula is C7H14N2. The van der Waals surface area contributed by atoms with Crippen LogP contribution in [0.5, 0.6) is 0 Å². The largest absolute Gasteiger partial charge is 0.385 e. The lowest BCUT2D eigenvalue weighted by molar-refractivity contribution is 0.415. The van der Waals surface area contributed by atoms with Crippen molar-refractivity contribution in [1.82, 2.24) is 10.2 Å². The topological polar surface area (TPSA) is 15.3 Å². The Hall–Kier alpha value is -0.660. The Morgan fingerprint density at radius 3 is 3.00 bits per heavy atom. The molecule has 0 amide bonds. The van der Waals surface area contributed by atoms with Crippen molar-refractivity contribution in [2.24, 2.45) is 0 Å². The first-order valence-corrected chi connectivity index (χ1v) is 3.47. The molecule has 1 heterocycles. The molecule has 0 bridgehead atoms. The van der Waals surface area contributed by atoms with Gasteiger partial charge in [0, 0.05) is 32.0 Å². The lowest BCUT2D eigenvalue weighted by Gasteiger charge is -2.23. The van der Waals surface area contributed by atoms with Crippen molar-refractivity contribution < 1.29 is 0 Å². The molecule has 52 valence electrons. The van der Waals surface area contributed by atoms with E-state index in [4.69, 9.17) is 0 Å². The van der Waals surface area contributed by atoms with E-state index in [9.17, 15) is 0 Å². The molecule has 0 radical (unpaired) electrons. The Morgan fingerprint density at radius 2 is 2.56 bits per heavy atom. The summed E-state index contributed by atoms with van der Waals surface area (Å²) in [5.74, 6) is 0. The van der Waals surface area contributed by atoms with Crippen molar-refractivity contribution in [1.29, 1.82) is 0 Å². The molecule has 2 heteroatoms. The first kappa shape index (κ1) is 6.46. The predicted octanol–water partition coefficient (Wildman–Crippen LogP) is 0.773. The average molecular weight is 126 g/mol. The normalized spacial score (nSPS) is 18.9. The van der Waals surface area contributed by atoms with Crippen LogP contribution in [-0.2, 0) is 0 Å². The average Bonchev–Trinajstić information content (AvgIpc) is 1.88. The summed E-state index contributed by atoms with van der Waals surface area (Å²) in [5, 5.41) is 3.32. The van der Waals surface area contributed by atoms with Crippen LogP contribution in [-0.4, -0.2) is 25.0 Å². The Bertz CT molecular complexity index is 118. The van der Waals surface area contributed by atoms with E-state index in [2.05, 4.69) is 30.4 Å². The molecule has 0 aromatic heterocycles. The molecule has 1 aliphatic heterocycles. The second-order valence-electron chi connectivity index (χ2n) is 2.42. The lowest BCUT2D eigenvalue weighted by atomic mass is 10.3. The van der Waals surface area contributed by atoms with E-state index in [1.165, 1.54) is 5.70 Å². The highest BCUT2D eigenvalue weighted by Gasteiger charge is 2.01. The van der Waals surface area contributed by atoms with E-state index in [1.807, 2.05) is 0 Å². The van der Waals surface area contributed by atoms with Crippen LogP contribution in [0.1, 0.15) is 13.3 Å². The van der Waals surface area contributed by atoms with E-state index in [1.54, 1.807) is 0 Å². The van der Waals surface area contributed by atoms with Gasteiger partial charge in [0.1, 0.15) is 0 Å². The van der Waals surface area contributed by atoms with Crippen LogP contribution in [0.2, 0.25) is 0 Å². The molecule has 1 aliphatic rings. The number of hydrogen-bond acceptors (Lipinski definition) is 2. The summed E-state index contributed by atoms with van der Waals surface area (Å²) in [6.07, 6.45) is 3.29. The van der Waals surface area contributed by atoms with Gasteiger partial charge in [-0.3, -0.25) is 0 Å². The second kappa shape index (κ2) is 2.76. The third kappa shape index (κ3) is 1.63. The number of nitrogens with zero attached hydrogens (tertiary/aromatic N) is 1. The molecule has 0 aromatic rings. The highest BCUT2D eigenvalue weighted by molar-refractivity contribution is 5.00. The minimum absolute atomic E-state index is 1.09. The van der Waals surface area contributed by atoms with Gasteiger partial charge in [-0.25, -0.2) is 0 Å². The van der Waals surface area contributed by atoms with E-state index in [0.29, 0.717) is 0 Å². The van der Waals surface area contributed by atoms with E-state index < -0.39 is 0 Å². The minimum Gasteiger partial charge on any atom is -0.385 e. The van der Waals surface area contributed by atoms with Crippen LogP contribution in [0.25, 0.3) is 0 Å². The van der Waals surface area contributed by atoms with E-state index in [-0.39, 0.29) is 0 Å². The zero-order valence-corrected chi connectivity index (χ0v) is 6.15. The fourth-order valence-electron chi connectivity index (χ4n) is 0.985. The van der Waals surface area contributed by atoms with Gasteiger partial charge in [0.2, 0.25) is 0 Å². The third-order valence-corrected chi connectivity index (χ3v) is 1.57. The molecule has 0 unspecified atom stereocenters. The zero-order valence-electron chi connectivity index (χ0n) is 6.15. The van der Waals surface area contributed by atoms with Gasteiger partial charge in [0.15, 0.2) is 0 Å². The van der Waals surface area contributed by atoms with Crippen molar-refractivity contribution in [2.75, 3.05) is 20.1 Å². The number of rotatable bonds is 1. The summed E-state index contributed by atoms with van der Waals surface area (Å²) in [7, 11) is 2.11. The van der Waals surface area contributed by atoms with Crippen molar-refractivity contribution in [3.63, 3.8) is 0 Å². The van der Waals surface area contributed by atoms with Gasteiger partial charge in [-0.1, -0.05) is 6.92 Å². The summed E-state index contributed by atoms with van der Waals surface area (Å²) < 4.78 is 0. The number of nitrogens with one attached hydrogen (secondary N) is 1. The molecule has 1 rings (SSSR count). The maximum Gasteiger partial charge on any atom is 0.0343 e. The lowest BCUT2D eigenvalue weighted by Crippen LogP contribution is -2.32. The highest BCUT2D eigenvalue weighted by atomic mass is 15.1. The van der Waals surface area contributed by atoms with Gasteiger partial charge < -0.3 is 10.2 Å². The van der Waals surface area contributed by atoms with Crippen molar-refractivity contribution in [3.8, 4) is 0 Å². The molecule has 0 aliphatic carbocycles. The molecular weight excluding hydrogens is 112 g/mol. The molecule has 0 saturated heterocycles. The Balaban J connectivity index is 2.49. The highest BCUT2D eigenvalue weighted by Crippen LogP contribution is 2.01. The Labute approximate surface area is 56.5 Å². The van der Waals surface area contributed by atoms with Crippen LogP contribution in [0.3, 0.4) is 0 Å². The van der Waals surface area contributed by atoms with Crippen molar-refractivity contribution in [3.05, 3.63) is 11.9 Å². The van der Waals surface area contributed by atoms with Gasteiger partial charge in [-0.2, -0.15) is 0 Å². The van der Waals surface area contributed by atoms with E-state index in [0.717, 1.165) is 19.5 Å². The van der Waals surface area contributed by atoms with Crippen LogP contribution in [0, 0.1) is 0 Å². The van der Waals surface area contributed by atoms with Crippen LogP contribution < -0.4 is 5.32 Å². The van der Waals surface area contributed by atoms with Crippen LogP contribution in [0.15, 0.2) is 11.9 Å². The first-order valence-electron chi connectivity index (χ1n) is 3.47. The Morgan fingerprint density at radius 1 is 1.78 bits per heavy atom. The molecule has 0 spiro atoms. The number of allylic oxidation sites excluding steroid dienone is 1. The minimum atomic E-state index is 1.09. The van der Waals surface area contributed by atoms with Gasteiger partial charge in [0.25, 0.3) is 0 Å². The standard InChI is InChI=1S/C7H14N2/c1-3-7-6-9(2)5-4-8-7/h6,8H,3-5H2,1-2H3. The second-order valence-corrected chi connectivity index (χ2v) is 2.42. The van der Waals surface area contributed by atoms with Crippen LogP contribution >= 0.6 is 0 Å². The first-order chi connectivity index (χ1) is 4.33. The summed E-state index contributed by atoms with van der Waals surface area (Å²) in [6.45, 7) is 4.39. The molecule has 0 fully saturated rings. The number of likely N-dealkylation sites (N-methyl/N-ethyl adjacent to an activating group) is 1. The maximum absolute atomic E-state index is 3.32. The predicted molar refractivity (Wildman–Crippen MR) is 39.0 cm³/mol. The van der Waals surface area contributed by atoms with Gasteiger partial charge in [0.05, 0.1) is 0 Å². The van der Waals surface area contributed by atoms with Crippen LogP contribution in [0.4, 0.5) is 0 Å². The zero-order chi connectivity index (χ0) is 6.69. The monoisotopic (exact) mass is 126 g/mol. The summed E-state index contributed by atoms with van der Waals surface area (Å²) in [5.41, 5.74) is 1.35. The third-order valence-electron chi connectivity index (χ3n) is 1.57. The van der Waals surface area contributed by atoms with Crippen molar-refractivity contribution >= 4 is 0 Å². The summed E-state index contributed by atoms with van der Waals surface area (Å²) in [4.78, 5) is 2.22. The number of hydrogen-bond donors (Lipinski definition) is 1. The molecule has 1 N–H and O–H groups in total. The molecule has 2 nitrogen and oxygen atoms in total. The maximum atomic E-state index is 3.32. The molecule has 0 atom stereocenters. The van der Waals surface area contributed by atoms with Gasteiger partial charge in [-0.15, -0.1) is 0 Å². The molecule has 9 heavy (non-hydrogen) atoms. The molecule has 0 aromatic carbocycles. The summed E-state index contributed by atoms with van der Waals surface area (Å²) >= 11 is 0. The SMILES string of the molecule is CCC1=CN(C)CCN1. The smallest absolute Gasteiger partial charge is 0.0343 e.